The molecule has 4 heteroatoms. The van der Waals surface area contributed by atoms with Crippen LogP contribution >= 0.6 is 11.6 Å². The van der Waals surface area contributed by atoms with Gasteiger partial charge in [-0.3, -0.25) is 0 Å². The minimum atomic E-state index is 0.450. The molecule has 1 aliphatic rings. The van der Waals surface area contributed by atoms with Gasteiger partial charge in [-0.2, -0.15) is 0 Å². The Morgan fingerprint density at radius 3 is 3.10 bits per heavy atom. The van der Waals surface area contributed by atoms with Crippen LogP contribution in [-0.4, -0.2) is 39.5 Å². The molecule has 0 spiro atoms. The number of nitrogens with one attached hydrogen (secondary N) is 1. The van der Waals surface area contributed by atoms with Crippen LogP contribution in [0.25, 0.3) is 0 Å². The van der Waals surface area contributed by atoms with Gasteiger partial charge in [-0.05, 0) is 49.3 Å². The average Bonchev–Trinajstić information content (AvgIpc) is 3.00. The number of ether oxygens (including phenoxy) is 2. The average molecular weight is 312 g/mol. The van der Waals surface area contributed by atoms with Crippen LogP contribution in [0.4, 0.5) is 0 Å². The van der Waals surface area contributed by atoms with E-state index in [2.05, 4.69) is 17.4 Å². The third kappa shape index (κ3) is 5.95. The number of halogens is 1. The van der Waals surface area contributed by atoms with E-state index in [9.17, 15) is 0 Å². The molecular weight excluding hydrogens is 286 g/mol. The van der Waals surface area contributed by atoms with Crippen molar-refractivity contribution >= 4 is 11.6 Å². The number of methoxy groups -OCH3 is 1. The van der Waals surface area contributed by atoms with Gasteiger partial charge in [0, 0.05) is 31.8 Å². The van der Waals surface area contributed by atoms with Crippen molar-refractivity contribution in [2.45, 2.75) is 37.7 Å². The van der Waals surface area contributed by atoms with E-state index in [-0.39, 0.29) is 0 Å². The molecule has 3 nitrogen and oxygen atoms in total. The van der Waals surface area contributed by atoms with Crippen molar-refractivity contribution < 1.29 is 9.47 Å². The third-order valence-corrected chi connectivity index (χ3v) is 4.29. The van der Waals surface area contributed by atoms with Crippen LogP contribution in [0.5, 0.6) is 0 Å². The standard InChI is InChI=1S/C17H26ClNO2/c1-20-11-9-19-13-15(7-8-17-6-3-10-21-17)14-4-2-5-16(18)12-14/h2,4-5,12,15,17,19H,3,6-11,13H2,1H3. The van der Waals surface area contributed by atoms with Crippen molar-refractivity contribution in [1.29, 1.82) is 0 Å². The lowest BCUT2D eigenvalue weighted by Gasteiger charge is -2.20. The molecule has 1 aromatic rings. The van der Waals surface area contributed by atoms with Crippen molar-refractivity contribution in [2.24, 2.45) is 0 Å². The molecule has 0 amide bonds. The van der Waals surface area contributed by atoms with E-state index in [4.69, 9.17) is 21.1 Å². The van der Waals surface area contributed by atoms with E-state index in [0.29, 0.717) is 12.0 Å². The van der Waals surface area contributed by atoms with E-state index in [1.807, 2.05) is 12.1 Å². The highest BCUT2D eigenvalue weighted by Crippen LogP contribution is 2.27. The van der Waals surface area contributed by atoms with Gasteiger partial charge >= 0.3 is 0 Å². The zero-order valence-corrected chi connectivity index (χ0v) is 13.6. The second kappa shape index (κ2) is 9.42. The van der Waals surface area contributed by atoms with Gasteiger partial charge in [0.2, 0.25) is 0 Å². The number of rotatable bonds is 9. The lowest BCUT2D eigenvalue weighted by atomic mass is 9.92. The Hall–Kier alpha value is -0.610. The molecule has 118 valence electrons. The van der Waals surface area contributed by atoms with Gasteiger partial charge in [0.15, 0.2) is 0 Å². The molecule has 21 heavy (non-hydrogen) atoms. The highest BCUT2D eigenvalue weighted by atomic mass is 35.5. The highest BCUT2D eigenvalue weighted by molar-refractivity contribution is 6.30. The summed E-state index contributed by atoms with van der Waals surface area (Å²) in [4.78, 5) is 0. The van der Waals surface area contributed by atoms with Gasteiger partial charge in [-0.25, -0.2) is 0 Å². The molecule has 2 atom stereocenters. The lowest BCUT2D eigenvalue weighted by Crippen LogP contribution is -2.25. The van der Waals surface area contributed by atoms with Crippen LogP contribution in [0, 0.1) is 0 Å². The van der Waals surface area contributed by atoms with Crippen molar-refractivity contribution in [3.63, 3.8) is 0 Å². The zero-order valence-electron chi connectivity index (χ0n) is 12.8. The Kier molecular flexibility index (Phi) is 7.51. The molecule has 1 aliphatic heterocycles. The Morgan fingerprint density at radius 1 is 1.48 bits per heavy atom. The summed E-state index contributed by atoms with van der Waals surface area (Å²) >= 11 is 6.13. The zero-order chi connectivity index (χ0) is 14.9. The largest absolute Gasteiger partial charge is 0.383 e. The first kappa shape index (κ1) is 16.8. The topological polar surface area (TPSA) is 30.5 Å². The maximum Gasteiger partial charge on any atom is 0.0587 e. The van der Waals surface area contributed by atoms with E-state index >= 15 is 0 Å². The molecule has 0 aliphatic carbocycles. The van der Waals surface area contributed by atoms with E-state index < -0.39 is 0 Å². The molecule has 1 N–H and O–H groups in total. The fraction of sp³-hybridized carbons (Fsp3) is 0.647. The minimum Gasteiger partial charge on any atom is -0.383 e. The van der Waals surface area contributed by atoms with E-state index in [0.717, 1.165) is 44.2 Å². The molecule has 1 saturated heterocycles. The first-order chi connectivity index (χ1) is 10.3. The fourth-order valence-electron chi connectivity index (χ4n) is 2.86. The van der Waals surface area contributed by atoms with E-state index in [1.165, 1.54) is 18.4 Å². The molecule has 1 aromatic carbocycles. The van der Waals surface area contributed by atoms with Crippen molar-refractivity contribution in [3.05, 3.63) is 34.9 Å². The molecule has 2 unspecified atom stereocenters. The van der Waals surface area contributed by atoms with Crippen LogP contribution in [0.15, 0.2) is 24.3 Å². The van der Waals surface area contributed by atoms with E-state index in [1.54, 1.807) is 7.11 Å². The second-order valence-electron chi connectivity index (χ2n) is 5.66. The van der Waals surface area contributed by atoms with Crippen molar-refractivity contribution in [3.8, 4) is 0 Å². The first-order valence-corrected chi connectivity index (χ1v) is 8.24. The summed E-state index contributed by atoms with van der Waals surface area (Å²) in [5, 5.41) is 4.28. The summed E-state index contributed by atoms with van der Waals surface area (Å²) in [7, 11) is 1.73. The molecule has 0 saturated carbocycles. The Morgan fingerprint density at radius 2 is 2.38 bits per heavy atom. The highest BCUT2D eigenvalue weighted by Gasteiger charge is 2.19. The summed E-state index contributed by atoms with van der Waals surface area (Å²) in [6.45, 7) is 3.51. The maximum absolute atomic E-state index is 6.13. The summed E-state index contributed by atoms with van der Waals surface area (Å²) < 4.78 is 10.8. The molecule has 2 rings (SSSR count). The maximum atomic E-state index is 6.13. The summed E-state index contributed by atoms with van der Waals surface area (Å²) in [5.74, 6) is 0.477. The molecule has 1 heterocycles. The quantitative estimate of drug-likeness (QED) is 0.707. The van der Waals surface area contributed by atoms with Crippen molar-refractivity contribution in [2.75, 3.05) is 33.4 Å². The van der Waals surface area contributed by atoms with Gasteiger partial charge in [-0.1, -0.05) is 23.7 Å². The van der Waals surface area contributed by atoms with Gasteiger partial charge in [0.25, 0.3) is 0 Å². The number of benzene rings is 1. The predicted octanol–water partition coefficient (Wildman–Crippen LogP) is 3.62. The molecule has 1 fully saturated rings. The normalized spacial score (nSPS) is 19.8. The first-order valence-electron chi connectivity index (χ1n) is 7.86. The molecule has 0 radical (unpaired) electrons. The Labute approximate surface area is 133 Å². The Bertz CT molecular complexity index is 408. The predicted molar refractivity (Wildman–Crippen MR) is 87.1 cm³/mol. The summed E-state index contributed by atoms with van der Waals surface area (Å²) in [6, 6.07) is 8.22. The summed E-state index contributed by atoms with van der Waals surface area (Å²) in [5.41, 5.74) is 1.31. The fourth-order valence-corrected chi connectivity index (χ4v) is 3.06. The lowest BCUT2D eigenvalue weighted by molar-refractivity contribution is 0.100. The SMILES string of the molecule is COCCNCC(CCC1CCCO1)c1cccc(Cl)c1. The van der Waals surface area contributed by atoms with Crippen molar-refractivity contribution in [1.82, 2.24) is 5.32 Å². The minimum absolute atomic E-state index is 0.450. The van der Waals surface area contributed by atoms with Crippen LogP contribution in [0.3, 0.4) is 0 Å². The van der Waals surface area contributed by atoms with Crippen LogP contribution in [0.1, 0.15) is 37.2 Å². The van der Waals surface area contributed by atoms with Gasteiger partial charge in [-0.15, -0.1) is 0 Å². The summed E-state index contributed by atoms with van der Waals surface area (Å²) in [6.07, 6.45) is 5.12. The van der Waals surface area contributed by atoms with Gasteiger partial charge in [0.1, 0.15) is 0 Å². The Balaban J connectivity index is 1.88. The molecule has 0 aromatic heterocycles. The molecular formula is C17H26ClNO2. The third-order valence-electron chi connectivity index (χ3n) is 4.05. The number of hydrogen-bond acceptors (Lipinski definition) is 3. The van der Waals surface area contributed by atoms with Crippen LogP contribution in [0.2, 0.25) is 5.02 Å². The van der Waals surface area contributed by atoms with Gasteiger partial charge < -0.3 is 14.8 Å². The second-order valence-corrected chi connectivity index (χ2v) is 6.10. The van der Waals surface area contributed by atoms with Gasteiger partial charge in [0.05, 0.1) is 12.7 Å². The monoisotopic (exact) mass is 311 g/mol. The molecule has 0 bridgehead atoms. The van der Waals surface area contributed by atoms with Crippen LogP contribution < -0.4 is 5.32 Å². The number of hydrogen-bond donors (Lipinski definition) is 1. The smallest absolute Gasteiger partial charge is 0.0587 e. The van der Waals surface area contributed by atoms with Crippen LogP contribution in [-0.2, 0) is 9.47 Å².